The van der Waals surface area contributed by atoms with Gasteiger partial charge in [-0.2, -0.15) is 0 Å². The van der Waals surface area contributed by atoms with Crippen LogP contribution in [0, 0.1) is 0 Å². The Labute approximate surface area is 180 Å². The second-order valence-electron chi connectivity index (χ2n) is 5.93. The lowest BCUT2D eigenvalue weighted by molar-refractivity contribution is 0.0600. The van der Waals surface area contributed by atoms with Gasteiger partial charge >= 0.3 is 5.97 Å². The fourth-order valence-corrected chi connectivity index (χ4v) is 4.19. The third kappa shape index (κ3) is 4.60. The molecule has 0 saturated heterocycles. The Bertz CT molecular complexity index is 1010. The predicted molar refractivity (Wildman–Crippen MR) is 118 cm³/mol. The highest BCUT2D eigenvalue weighted by molar-refractivity contribution is 9.10. The van der Waals surface area contributed by atoms with Gasteiger partial charge in [0.2, 0.25) is 0 Å². The molecule has 0 aliphatic carbocycles. The van der Waals surface area contributed by atoms with Crippen molar-refractivity contribution < 1.29 is 14.3 Å². The molecule has 0 radical (unpaired) electrons. The summed E-state index contributed by atoms with van der Waals surface area (Å²) in [5.41, 5.74) is 8.19. The molecule has 146 valence electrons. The van der Waals surface area contributed by atoms with Gasteiger partial charge in [0.15, 0.2) is 4.88 Å². The largest absolute Gasteiger partial charge is 0.484 e. The van der Waals surface area contributed by atoms with Gasteiger partial charge in [-0.15, -0.1) is 11.3 Å². The molecule has 3 rings (SSSR count). The number of halogens is 2. The minimum Gasteiger partial charge on any atom is -0.484 e. The standard InChI is InChI=1S/C20H18BrClN2O3S/c1-11(13-5-3-4-6-14(13)22)27-17-10-18(28-19(17)20(25)26-2)24-16-8-7-12(21)9-15(16)23/h3-11,24H,23H2,1-2H3/t11-/m1/s1. The van der Waals surface area contributed by atoms with Gasteiger partial charge in [0.05, 0.1) is 23.5 Å². The van der Waals surface area contributed by atoms with Crippen molar-refractivity contribution in [3.05, 3.63) is 68.5 Å². The molecule has 0 aliphatic heterocycles. The Morgan fingerprint density at radius 2 is 2.00 bits per heavy atom. The highest BCUT2D eigenvalue weighted by Gasteiger charge is 2.22. The molecule has 1 heterocycles. The second-order valence-corrected chi connectivity index (χ2v) is 8.31. The number of thiophene rings is 1. The Morgan fingerprint density at radius 3 is 2.68 bits per heavy atom. The molecule has 1 atom stereocenters. The van der Waals surface area contributed by atoms with Crippen LogP contribution in [-0.2, 0) is 4.74 Å². The topological polar surface area (TPSA) is 73.6 Å². The van der Waals surface area contributed by atoms with E-state index in [1.54, 1.807) is 18.2 Å². The molecule has 1 aromatic heterocycles. The minimum absolute atomic E-state index is 0.350. The Kier molecular flexibility index (Phi) is 6.49. The number of nitrogens with two attached hydrogens (primary N) is 1. The number of methoxy groups -OCH3 is 1. The van der Waals surface area contributed by atoms with Gasteiger partial charge in [0.1, 0.15) is 11.9 Å². The molecule has 0 fully saturated rings. The van der Waals surface area contributed by atoms with Crippen LogP contribution in [-0.4, -0.2) is 13.1 Å². The third-order valence-electron chi connectivity index (χ3n) is 3.99. The van der Waals surface area contributed by atoms with Gasteiger partial charge in [-0.1, -0.05) is 45.7 Å². The van der Waals surface area contributed by atoms with Crippen LogP contribution in [0.15, 0.2) is 53.0 Å². The van der Waals surface area contributed by atoms with Crippen molar-refractivity contribution in [2.75, 3.05) is 18.2 Å². The Morgan fingerprint density at radius 1 is 1.25 bits per heavy atom. The SMILES string of the molecule is COC(=O)c1sc(Nc2ccc(Br)cc2N)cc1O[C@H](C)c1ccccc1Cl. The molecule has 0 amide bonds. The van der Waals surface area contributed by atoms with Gasteiger partial charge < -0.3 is 20.5 Å². The van der Waals surface area contributed by atoms with Crippen molar-refractivity contribution in [3.63, 3.8) is 0 Å². The van der Waals surface area contributed by atoms with E-state index in [4.69, 9.17) is 26.8 Å². The van der Waals surface area contributed by atoms with Crippen LogP contribution in [0.5, 0.6) is 5.75 Å². The van der Waals surface area contributed by atoms with Gasteiger partial charge in [0.25, 0.3) is 0 Å². The van der Waals surface area contributed by atoms with Crippen LogP contribution in [0.4, 0.5) is 16.4 Å². The van der Waals surface area contributed by atoms with Crippen LogP contribution in [0.25, 0.3) is 0 Å². The van der Waals surface area contributed by atoms with E-state index in [2.05, 4.69) is 21.2 Å². The van der Waals surface area contributed by atoms with Crippen molar-refractivity contribution in [2.24, 2.45) is 0 Å². The average molecular weight is 482 g/mol. The van der Waals surface area contributed by atoms with Crippen LogP contribution in [0.3, 0.4) is 0 Å². The first-order valence-electron chi connectivity index (χ1n) is 8.34. The number of anilines is 3. The summed E-state index contributed by atoms with van der Waals surface area (Å²) in [7, 11) is 1.34. The molecule has 8 heteroatoms. The summed E-state index contributed by atoms with van der Waals surface area (Å²) in [5.74, 6) is -0.0503. The number of nitrogen functional groups attached to an aromatic ring is 1. The van der Waals surface area contributed by atoms with Gasteiger partial charge in [-0.05, 0) is 31.2 Å². The van der Waals surface area contributed by atoms with E-state index in [1.165, 1.54) is 18.4 Å². The summed E-state index contributed by atoms with van der Waals surface area (Å²) in [4.78, 5) is 12.6. The molecule has 3 N–H and O–H groups in total. The first kappa shape index (κ1) is 20.5. The molecule has 2 aromatic carbocycles. The first-order valence-corrected chi connectivity index (χ1v) is 10.3. The lowest BCUT2D eigenvalue weighted by Gasteiger charge is -2.16. The molecule has 0 bridgehead atoms. The van der Waals surface area contributed by atoms with Crippen molar-refractivity contribution in [3.8, 4) is 5.75 Å². The quantitative estimate of drug-likeness (QED) is 0.314. The third-order valence-corrected chi connectivity index (χ3v) is 5.84. The number of nitrogens with one attached hydrogen (secondary N) is 1. The van der Waals surface area contributed by atoms with E-state index in [1.807, 2.05) is 37.3 Å². The van der Waals surface area contributed by atoms with E-state index < -0.39 is 5.97 Å². The van der Waals surface area contributed by atoms with Crippen molar-refractivity contribution in [1.82, 2.24) is 0 Å². The molecule has 28 heavy (non-hydrogen) atoms. The summed E-state index contributed by atoms with van der Waals surface area (Å²) in [6.07, 6.45) is -0.350. The van der Waals surface area contributed by atoms with Crippen LogP contribution in [0.2, 0.25) is 5.02 Å². The zero-order valence-electron chi connectivity index (χ0n) is 15.2. The maximum atomic E-state index is 12.2. The number of carbonyl (C=O) groups excluding carboxylic acids is 1. The second kappa shape index (κ2) is 8.86. The normalized spacial score (nSPS) is 11.7. The van der Waals surface area contributed by atoms with E-state index >= 15 is 0 Å². The van der Waals surface area contributed by atoms with E-state index in [9.17, 15) is 4.79 Å². The van der Waals surface area contributed by atoms with Crippen LogP contribution in [0.1, 0.15) is 28.3 Å². The molecular weight excluding hydrogens is 464 g/mol. The summed E-state index contributed by atoms with van der Waals surface area (Å²) in [6, 6.07) is 14.7. The van der Waals surface area contributed by atoms with Crippen LogP contribution < -0.4 is 15.8 Å². The van der Waals surface area contributed by atoms with Crippen molar-refractivity contribution >= 4 is 61.2 Å². The molecule has 0 unspecified atom stereocenters. The first-order chi connectivity index (χ1) is 13.4. The van der Waals surface area contributed by atoms with Gasteiger partial charge in [0, 0.05) is 21.1 Å². The molecule has 3 aromatic rings. The lowest BCUT2D eigenvalue weighted by atomic mass is 10.1. The number of hydrogen-bond donors (Lipinski definition) is 2. The highest BCUT2D eigenvalue weighted by Crippen LogP contribution is 2.39. The number of ether oxygens (including phenoxy) is 2. The number of hydrogen-bond acceptors (Lipinski definition) is 6. The molecule has 5 nitrogen and oxygen atoms in total. The van der Waals surface area contributed by atoms with Crippen LogP contribution >= 0.6 is 38.9 Å². The van der Waals surface area contributed by atoms with Gasteiger partial charge in [-0.3, -0.25) is 0 Å². The number of esters is 1. The maximum Gasteiger partial charge on any atom is 0.351 e. The predicted octanol–water partition coefficient (Wildman–Crippen LogP) is 6.42. The van der Waals surface area contributed by atoms with E-state index in [0.29, 0.717) is 26.3 Å². The number of benzene rings is 2. The zero-order valence-corrected chi connectivity index (χ0v) is 18.3. The summed E-state index contributed by atoms with van der Waals surface area (Å²) in [5, 5.41) is 4.53. The fourth-order valence-electron chi connectivity index (χ4n) is 2.60. The summed E-state index contributed by atoms with van der Waals surface area (Å²) < 4.78 is 11.8. The lowest BCUT2D eigenvalue weighted by Crippen LogP contribution is -2.07. The van der Waals surface area contributed by atoms with E-state index in [-0.39, 0.29) is 6.10 Å². The zero-order chi connectivity index (χ0) is 20.3. The number of rotatable bonds is 6. The monoisotopic (exact) mass is 480 g/mol. The Hall–Kier alpha value is -2.22. The summed E-state index contributed by atoms with van der Waals surface area (Å²) in [6.45, 7) is 1.87. The van der Waals surface area contributed by atoms with Crippen molar-refractivity contribution in [1.29, 1.82) is 0 Å². The molecule has 0 aliphatic rings. The maximum absolute atomic E-state index is 12.2. The average Bonchev–Trinajstić information content (AvgIpc) is 3.06. The number of carbonyl (C=O) groups is 1. The van der Waals surface area contributed by atoms with E-state index in [0.717, 1.165) is 15.7 Å². The van der Waals surface area contributed by atoms with Crippen molar-refractivity contribution in [2.45, 2.75) is 13.0 Å². The Balaban J connectivity index is 1.89. The summed E-state index contributed by atoms with van der Waals surface area (Å²) >= 11 is 10.9. The fraction of sp³-hybridized carbons (Fsp3) is 0.150. The van der Waals surface area contributed by atoms with Gasteiger partial charge in [-0.25, -0.2) is 4.79 Å². The molecule has 0 saturated carbocycles. The molecular formula is C20H18BrClN2O3S. The minimum atomic E-state index is -0.469. The highest BCUT2D eigenvalue weighted by atomic mass is 79.9. The molecule has 0 spiro atoms. The smallest absolute Gasteiger partial charge is 0.351 e.